The van der Waals surface area contributed by atoms with Gasteiger partial charge in [-0.2, -0.15) is 0 Å². The van der Waals surface area contributed by atoms with Crippen molar-refractivity contribution in [1.29, 1.82) is 0 Å². The number of hydrogen-bond donors (Lipinski definition) is 3. The first-order valence-electron chi connectivity index (χ1n) is 9.05. The third-order valence-corrected chi connectivity index (χ3v) is 4.16. The molecule has 0 radical (unpaired) electrons. The van der Waals surface area contributed by atoms with Gasteiger partial charge in [0.15, 0.2) is 0 Å². The zero-order chi connectivity index (χ0) is 19.6. The Bertz CT molecular complexity index is 757. The summed E-state index contributed by atoms with van der Waals surface area (Å²) in [5.74, 6) is -0.233. The van der Waals surface area contributed by atoms with E-state index < -0.39 is 0 Å². The SMILES string of the molecule is CN(C)CCNC(=O)c1cccc(CNC(=O)CC(N)c2ccccc2)c1.Cl.Cl. The molecule has 8 heteroatoms. The molecule has 2 amide bonds. The van der Waals surface area contributed by atoms with E-state index in [-0.39, 0.29) is 49.1 Å². The molecule has 0 saturated heterocycles. The third kappa shape index (κ3) is 9.76. The Kier molecular flexibility index (Phi) is 12.9. The highest BCUT2D eigenvalue weighted by Crippen LogP contribution is 2.13. The molecule has 2 aromatic carbocycles. The topological polar surface area (TPSA) is 87.5 Å². The normalized spacial score (nSPS) is 11.0. The average molecular weight is 441 g/mol. The molecular weight excluding hydrogens is 411 g/mol. The van der Waals surface area contributed by atoms with Crippen LogP contribution in [0.15, 0.2) is 54.6 Å². The minimum absolute atomic E-state index is 0. The van der Waals surface area contributed by atoms with E-state index in [4.69, 9.17) is 5.73 Å². The molecule has 0 fully saturated rings. The van der Waals surface area contributed by atoms with Crippen LogP contribution in [0.2, 0.25) is 0 Å². The molecule has 0 bridgehead atoms. The fourth-order valence-electron chi connectivity index (χ4n) is 2.61. The minimum atomic E-state index is -0.333. The van der Waals surface area contributed by atoms with E-state index in [9.17, 15) is 9.59 Å². The number of amides is 2. The van der Waals surface area contributed by atoms with Crippen molar-refractivity contribution in [3.63, 3.8) is 0 Å². The van der Waals surface area contributed by atoms with E-state index in [0.29, 0.717) is 18.7 Å². The van der Waals surface area contributed by atoms with Gasteiger partial charge in [-0.3, -0.25) is 9.59 Å². The molecule has 0 aromatic heterocycles. The molecule has 6 nitrogen and oxygen atoms in total. The first-order valence-corrected chi connectivity index (χ1v) is 9.05. The molecule has 4 N–H and O–H groups in total. The van der Waals surface area contributed by atoms with E-state index in [0.717, 1.165) is 17.7 Å². The van der Waals surface area contributed by atoms with E-state index >= 15 is 0 Å². The molecule has 29 heavy (non-hydrogen) atoms. The monoisotopic (exact) mass is 440 g/mol. The predicted molar refractivity (Wildman–Crippen MR) is 122 cm³/mol. The molecular formula is C21H30Cl2N4O2. The van der Waals surface area contributed by atoms with Crippen molar-refractivity contribution in [3.8, 4) is 0 Å². The second kappa shape index (κ2) is 14.0. The maximum atomic E-state index is 12.2. The lowest BCUT2D eigenvalue weighted by Crippen LogP contribution is -2.31. The molecule has 2 aromatic rings. The largest absolute Gasteiger partial charge is 0.352 e. The standard InChI is InChI=1S/C21H28N4O2.2ClH/c1-25(2)12-11-23-21(27)18-10-6-7-16(13-18)15-24-20(26)14-19(22)17-8-4-3-5-9-17;;/h3-10,13,19H,11-12,14-15,22H2,1-2H3,(H,23,27)(H,24,26);2*1H. The third-order valence-electron chi connectivity index (χ3n) is 4.16. The van der Waals surface area contributed by atoms with Gasteiger partial charge < -0.3 is 21.3 Å². The first kappa shape index (κ1) is 26.9. The highest BCUT2D eigenvalue weighted by atomic mass is 35.5. The van der Waals surface area contributed by atoms with Crippen molar-refractivity contribution < 1.29 is 9.59 Å². The molecule has 1 unspecified atom stereocenters. The van der Waals surface area contributed by atoms with Gasteiger partial charge in [0.25, 0.3) is 5.91 Å². The summed E-state index contributed by atoms with van der Waals surface area (Å²) in [4.78, 5) is 26.3. The molecule has 1 atom stereocenters. The van der Waals surface area contributed by atoms with Crippen LogP contribution in [0.4, 0.5) is 0 Å². The number of hydrogen-bond acceptors (Lipinski definition) is 4. The Hall–Kier alpha value is -2.12. The van der Waals surface area contributed by atoms with Gasteiger partial charge in [-0.05, 0) is 37.4 Å². The van der Waals surface area contributed by atoms with Crippen molar-refractivity contribution in [2.24, 2.45) is 5.73 Å². The highest BCUT2D eigenvalue weighted by Gasteiger charge is 2.11. The summed E-state index contributed by atoms with van der Waals surface area (Å²) < 4.78 is 0. The van der Waals surface area contributed by atoms with Crippen molar-refractivity contribution >= 4 is 36.6 Å². The summed E-state index contributed by atoms with van der Waals surface area (Å²) >= 11 is 0. The lowest BCUT2D eigenvalue weighted by Gasteiger charge is -2.13. The smallest absolute Gasteiger partial charge is 0.251 e. The van der Waals surface area contributed by atoms with E-state index in [1.165, 1.54) is 0 Å². The summed E-state index contributed by atoms with van der Waals surface area (Å²) in [6, 6.07) is 16.5. The summed E-state index contributed by atoms with van der Waals surface area (Å²) in [6.07, 6.45) is 0.217. The number of halogens is 2. The van der Waals surface area contributed by atoms with Crippen LogP contribution >= 0.6 is 24.8 Å². The lowest BCUT2D eigenvalue weighted by molar-refractivity contribution is -0.121. The van der Waals surface area contributed by atoms with E-state index in [2.05, 4.69) is 10.6 Å². The average Bonchev–Trinajstić information content (AvgIpc) is 2.67. The van der Waals surface area contributed by atoms with Crippen LogP contribution in [0.25, 0.3) is 0 Å². The van der Waals surface area contributed by atoms with Gasteiger partial charge in [0.1, 0.15) is 0 Å². The number of nitrogens with one attached hydrogen (secondary N) is 2. The quantitative estimate of drug-likeness (QED) is 0.558. The summed E-state index contributed by atoms with van der Waals surface area (Å²) in [5.41, 5.74) is 8.47. The molecule has 0 aliphatic rings. The molecule has 0 spiro atoms. The minimum Gasteiger partial charge on any atom is -0.352 e. The van der Waals surface area contributed by atoms with Gasteiger partial charge >= 0.3 is 0 Å². The van der Waals surface area contributed by atoms with E-state index in [1.807, 2.05) is 61.5 Å². The Morgan fingerprint density at radius 2 is 1.69 bits per heavy atom. The van der Waals surface area contributed by atoms with Crippen LogP contribution in [0, 0.1) is 0 Å². The molecule has 0 aliphatic carbocycles. The van der Waals surface area contributed by atoms with Crippen LogP contribution in [-0.2, 0) is 11.3 Å². The van der Waals surface area contributed by atoms with Gasteiger partial charge in [-0.25, -0.2) is 0 Å². The van der Waals surface area contributed by atoms with E-state index in [1.54, 1.807) is 12.1 Å². The maximum absolute atomic E-state index is 12.2. The van der Waals surface area contributed by atoms with Gasteiger partial charge in [-0.1, -0.05) is 42.5 Å². The van der Waals surface area contributed by atoms with Gasteiger partial charge in [0.2, 0.25) is 5.91 Å². The first-order chi connectivity index (χ1) is 13.0. The number of rotatable bonds is 9. The summed E-state index contributed by atoms with van der Waals surface area (Å²) in [6.45, 7) is 1.73. The maximum Gasteiger partial charge on any atom is 0.251 e. The summed E-state index contributed by atoms with van der Waals surface area (Å²) in [7, 11) is 3.91. The number of carbonyl (C=O) groups is 2. The van der Waals surface area contributed by atoms with Crippen molar-refractivity contribution in [3.05, 3.63) is 71.3 Å². The second-order valence-corrected chi connectivity index (χ2v) is 6.76. The second-order valence-electron chi connectivity index (χ2n) is 6.76. The summed E-state index contributed by atoms with van der Waals surface area (Å²) in [5, 5.41) is 5.75. The van der Waals surface area contributed by atoms with Crippen molar-refractivity contribution in [2.75, 3.05) is 27.2 Å². The van der Waals surface area contributed by atoms with Gasteiger partial charge in [0.05, 0.1) is 0 Å². The zero-order valence-corrected chi connectivity index (χ0v) is 18.4. The van der Waals surface area contributed by atoms with Crippen LogP contribution in [-0.4, -0.2) is 43.9 Å². The fourth-order valence-corrected chi connectivity index (χ4v) is 2.61. The van der Waals surface area contributed by atoms with Crippen LogP contribution in [0.1, 0.15) is 33.9 Å². The lowest BCUT2D eigenvalue weighted by atomic mass is 10.0. The highest BCUT2D eigenvalue weighted by molar-refractivity contribution is 5.94. The predicted octanol–water partition coefficient (Wildman–Crippen LogP) is 2.53. The van der Waals surface area contributed by atoms with Gasteiger partial charge in [0, 0.05) is 37.7 Å². The number of nitrogens with zero attached hydrogens (tertiary/aromatic N) is 1. The van der Waals surface area contributed by atoms with Crippen LogP contribution in [0.3, 0.4) is 0 Å². The molecule has 2 rings (SSSR count). The Morgan fingerprint density at radius 1 is 1.00 bits per heavy atom. The molecule has 0 aliphatic heterocycles. The van der Waals surface area contributed by atoms with Crippen LogP contribution < -0.4 is 16.4 Å². The Labute approximate surface area is 185 Å². The Balaban J connectivity index is 0.00000392. The fraction of sp³-hybridized carbons (Fsp3) is 0.333. The zero-order valence-electron chi connectivity index (χ0n) is 16.8. The van der Waals surface area contributed by atoms with Crippen molar-refractivity contribution in [2.45, 2.75) is 19.0 Å². The van der Waals surface area contributed by atoms with Crippen molar-refractivity contribution in [1.82, 2.24) is 15.5 Å². The molecule has 0 saturated carbocycles. The molecule has 0 heterocycles. The number of likely N-dealkylation sites (N-methyl/N-ethyl adjacent to an activating group) is 1. The van der Waals surface area contributed by atoms with Gasteiger partial charge in [-0.15, -0.1) is 24.8 Å². The number of nitrogens with two attached hydrogens (primary N) is 1. The Morgan fingerprint density at radius 3 is 2.34 bits per heavy atom. The molecule has 160 valence electrons. The number of benzene rings is 2. The van der Waals surface area contributed by atoms with Crippen LogP contribution in [0.5, 0.6) is 0 Å². The number of carbonyl (C=O) groups excluding carboxylic acids is 2.